The van der Waals surface area contributed by atoms with Gasteiger partial charge < -0.3 is 20.7 Å². The molecule has 0 unspecified atom stereocenters. The number of nitrogens with one attached hydrogen (secondary N) is 3. The fraction of sp³-hybridized carbons (Fsp3) is 0.706. The number of hydrogen-bond donors (Lipinski definition) is 3. The Morgan fingerprint density at radius 3 is 2.35 bits per heavy atom. The zero-order valence-corrected chi connectivity index (χ0v) is 18.8. The molecule has 0 atom stereocenters. The van der Waals surface area contributed by atoms with Gasteiger partial charge in [-0.2, -0.15) is 5.10 Å². The molecule has 1 aromatic rings. The number of guanidine groups is 1. The van der Waals surface area contributed by atoms with Gasteiger partial charge in [0.25, 0.3) is 0 Å². The predicted octanol–water partition coefficient (Wildman–Crippen LogP) is 2.05. The highest BCUT2D eigenvalue weighted by atomic mass is 127. The maximum absolute atomic E-state index is 11.5. The second kappa shape index (κ2) is 12.8. The molecule has 0 aliphatic rings. The minimum atomic E-state index is -0.468. The van der Waals surface area contributed by atoms with Crippen molar-refractivity contribution in [1.82, 2.24) is 25.7 Å². The maximum Gasteiger partial charge on any atom is 0.407 e. The minimum absolute atomic E-state index is 0. The molecule has 0 bridgehead atoms. The molecule has 0 radical (unpaired) electrons. The van der Waals surface area contributed by atoms with Gasteiger partial charge in [0.05, 0.1) is 6.20 Å². The van der Waals surface area contributed by atoms with Crippen LogP contribution in [0.2, 0.25) is 0 Å². The van der Waals surface area contributed by atoms with E-state index in [1.54, 1.807) is 7.05 Å². The summed E-state index contributed by atoms with van der Waals surface area (Å²) in [6, 6.07) is 0. The van der Waals surface area contributed by atoms with Crippen LogP contribution in [0.1, 0.15) is 39.2 Å². The van der Waals surface area contributed by atoms with Gasteiger partial charge in [0.15, 0.2) is 5.96 Å². The van der Waals surface area contributed by atoms with Crippen molar-refractivity contribution in [2.75, 3.05) is 26.7 Å². The lowest BCUT2D eigenvalue weighted by molar-refractivity contribution is 0.0527. The molecule has 0 aliphatic carbocycles. The molecule has 1 rings (SSSR count). The Kier molecular flexibility index (Phi) is 12.0. The lowest BCUT2D eigenvalue weighted by Gasteiger charge is -2.19. The number of alkyl carbamates (subject to hydrolysis) is 1. The number of aliphatic imine (C=N–C) groups is 1. The van der Waals surface area contributed by atoms with E-state index < -0.39 is 5.60 Å². The zero-order valence-electron chi connectivity index (χ0n) is 16.5. The van der Waals surface area contributed by atoms with E-state index in [4.69, 9.17) is 4.74 Å². The van der Waals surface area contributed by atoms with Crippen LogP contribution in [0.15, 0.2) is 17.4 Å². The highest BCUT2D eigenvalue weighted by Crippen LogP contribution is 2.06. The van der Waals surface area contributed by atoms with Crippen LogP contribution in [-0.2, 0) is 18.2 Å². The molecular weight excluding hydrogens is 447 g/mol. The Labute approximate surface area is 173 Å². The Morgan fingerprint density at radius 1 is 1.19 bits per heavy atom. The van der Waals surface area contributed by atoms with Crippen LogP contribution < -0.4 is 16.0 Å². The van der Waals surface area contributed by atoms with Gasteiger partial charge in [-0.3, -0.25) is 9.67 Å². The number of nitrogens with zero attached hydrogens (tertiary/aromatic N) is 3. The molecule has 0 spiro atoms. The van der Waals surface area contributed by atoms with E-state index in [0.717, 1.165) is 38.3 Å². The number of carbonyl (C=O) groups excluding carboxylic acids is 1. The molecule has 1 aromatic heterocycles. The molecule has 0 aliphatic heterocycles. The van der Waals surface area contributed by atoms with Crippen LogP contribution in [0.3, 0.4) is 0 Å². The van der Waals surface area contributed by atoms with E-state index in [0.29, 0.717) is 6.54 Å². The first kappa shape index (κ1) is 24.5. The van der Waals surface area contributed by atoms with Gasteiger partial charge in [-0.1, -0.05) is 0 Å². The number of halogens is 1. The van der Waals surface area contributed by atoms with E-state index in [1.165, 1.54) is 5.56 Å². The van der Waals surface area contributed by atoms with Crippen LogP contribution in [0.25, 0.3) is 0 Å². The number of hydrogen-bond acceptors (Lipinski definition) is 4. The third-order valence-electron chi connectivity index (χ3n) is 3.23. The molecule has 26 heavy (non-hydrogen) atoms. The van der Waals surface area contributed by atoms with Crippen molar-refractivity contribution in [3.63, 3.8) is 0 Å². The minimum Gasteiger partial charge on any atom is -0.444 e. The molecule has 1 amide bonds. The summed E-state index contributed by atoms with van der Waals surface area (Å²) in [4.78, 5) is 15.7. The Bertz CT molecular complexity index is 554. The van der Waals surface area contributed by atoms with E-state index in [1.807, 2.05) is 44.9 Å². The van der Waals surface area contributed by atoms with Crippen molar-refractivity contribution in [3.05, 3.63) is 18.0 Å². The summed E-state index contributed by atoms with van der Waals surface area (Å²) < 4.78 is 6.99. The second-order valence-electron chi connectivity index (χ2n) is 6.83. The van der Waals surface area contributed by atoms with Gasteiger partial charge in [-0.05, 0) is 45.6 Å². The normalized spacial score (nSPS) is 11.5. The predicted molar refractivity (Wildman–Crippen MR) is 115 cm³/mol. The summed E-state index contributed by atoms with van der Waals surface area (Å²) in [5, 5.41) is 13.4. The molecular formula is C17H33IN6O2. The van der Waals surface area contributed by atoms with Crippen molar-refractivity contribution >= 4 is 36.0 Å². The fourth-order valence-electron chi connectivity index (χ4n) is 2.12. The summed E-state index contributed by atoms with van der Waals surface area (Å²) in [6.45, 7) is 7.65. The number of rotatable bonds is 8. The standard InChI is InChI=1S/C17H32N6O2.HI/c1-17(2,3)25-16(24)21-11-7-10-20-15(18-4)19-9-6-8-14-12-22-23(5)13-14;/h12-13H,6-11H2,1-5H3,(H,21,24)(H2,18,19,20);1H. The third-order valence-corrected chi connectivity index (χ3v) is 3.23. The topological polar surface area (TPSA) is 92.6 Å². The van der Waals surface area contributed by atoms with Crippen LogP contribution >= 0.6 is 24.0 Å². The van der Waals surface area contributed by atoms with Gasteiger partial charge >= 0.3 is 6.09 Å². The average molecular weight is 480 g/mol. The molecule has 0 aromatic carbocycles. The highest BCUT2D eigenvalue weighted by molar-refractivity contribution is 14.0. The number of aromatic nitrogens is 2. The number of carbonyl (C=O) groups is 1. The number of ether oxygens (including phenoxy) is 1. The van der Waals surface area contributed by atoms with Gasteiger partial charge in [0.2, 0.25) is 0 Å². The summed E-state index contributed by atoms with van der Waals surface area (Å²) in [7, 11) is 3.67. The van der Waals surface area contributed by atoms with Crippen LogP contribution in [0, 0.1) is 0 Å². The largest absolute Gasteiger partial charge is 0.444 e. The van der Waals surface area contributed by atoms with Gasteiger partial charge in [-0.25, -0.2) is 4.79 Å². The molecule has 0 saturated heterocycles. The smallest absolute Gasteiger partial charge is 0.407 e. The van der Waals surface area contributed by atoms with Crippen LogP contribution in [0.4, 0.5) is 4.79 Å². The van der Waals surface area contributed by atoms with Gasteiger partial charge in [-0.15, -0.1) is 24.0 Å². The number of aryl methyl sites for hydroxylation is 2. The lowest BCUT2D eigenvalue weighted by Crippen LogP contribution is -2.39. The molecule has 0 saturated carbocycles. The van der Waals surface area contributed by atoms with E-state index in [2.05, 4.69) is 26.0 Å². The quantitative estimate of drug-likeness (QED) is 0.229. The van der Waals surface area contributed by atoms with Crippen molar-refractivity contribution < 1.29 is 9.53 Å². The highest BCUT2D eigenvalue weighted by Gasteiger charge is 2.15. The van der Waals surface area contributed by atoms with Crippen molar-refractivity contribution in [1.29, 1.82) is 0 Å². The molecule has 0 fully saturated rings. The summed E-state index contributed by atoms with van der Waals surface area (Å²) in [5.74, 6) is 0.767. The zero-order chi connectivity index (χ0) is 18.7. The monoisotopic (exact) mass is 480 g/mol. The van der Waals surface area contributed by atoms with Gasteiger partial charge in [0.1, 0.15) is 5.60 Å². The maximum atomic E-state index is 11.5. The summed E-state index contributed by atoms with van der Waals surface area (Å²) in [6.07, 6.45) is 6.32. The molecule has 150 valence electrons. The Morgan fingerprint density at radius 2 is 1.81 bits per heavy atom. The van der Waals surface area contributed by atoms with E-state index in [9.17, 15) is 4.79 Å². The second-order valence-corrected chi connectivity index (χ2v) is 6.83. The first-order valence-electron chi connectivity index (χ1n) is 8.69. The SMILES string of the molecule is CN=C(NCCCNC(=O)OC(C)(C)C)NCCCc1cnn(C)c1.I. The van der Waals surface area contributed by atoms with Crippen LogP contribution in [-0.4, -0.2) is 54.1 Å². The first-order valence-corrected chi connectivity index (χ1v) is 8.69. The third kappa shape index (κ3) is 11.9. The lowest BCUT2D eigenvalue weighted by atomic mass is 10.2. The van der Waals surface area contributed by atoms with E-state index >= 15 is 0 Å². The summed E-state index contributed by atoms with van der Waals surface area (Å²) in [5.41, 5.74) is 0.768. The van der Waals surface area contributed by atoms with Gasteiger partial charge in [0, 0.05) is 39.9 Å². The molecule has 8 nitrogen and oxygen atoms in total. The average Bonchev–Trinajstić information content (AvgIpc) is 2.92. The Balaban J connectivity index is 0.00000625. The summed E-state index contributed by atoms with van der Waals surface area (Å²) >= 11 is 0. The molecule has 3 N–H and O–H groups in total. The Hall–Kier alpha value is -1.52. The van der Waals surface area contributed by atoms with Crippen molar-refractivity contribution in [3.8, 4) is 0 Å². The van der Waals surface area contributed by atoms with Crippen LogP contribution in [0.5, 0.6) is 0 Å². The molecule has 1 heterocycles. The van der Waals surface area contributed by atoms with E-state index in [-0.39, 0.29) is 30.1 Å². The van der Waals surface area contributed by atoms with Crippen molar-refractivity contribution in [2.45, 2.75) is 45.6 Å². The van der Waals surface area contributed by atoms with Crippen molar-refractivity contribution in [2.24, 2.45) is 12.0 Å². The fourth-order valence-corrected chi connectivity index (χ4v) is 2.12. The first-order chi connectivity index (χ1) is 11.8. The number of amides is 1. The molecule has 9 heteroatoms.